The second-order valence-electron chi connectivity index (χ2n) is 4.16. The molecule has 0 aromatic carbocycles. The lowest BCUT2D eigenvalue weighted by Crippen LogP contribution is -2.18. The van der Waals surface area contributed by atoms with Crippen molar-refractivity contribution in [2.75, 3.05) is 6.61 Å². The van der Waals surface area contributed by atoms with E-state index in [0.717, 1.165) is 6.42 Å². The van der Waals surface area contributed by atoms with E-state index in [0.29, 0.717) is 12.8 Å². The van der Waals surface area contributed by atoms with Crippen LogP contribution in [0.5, 0.6) is 0 Å². The monoisotopic (exact) mass is 224 g/mol. The molecular weight excluding hydrogens is 204 g/mol. The molecule has 16 heavy (non-hydrogen) atoms. The summed E-state index contributed by atoms with van der Waals surface area (Å²) in [6.07, 6.45) is 10.2. The molecular formula is C13H20O3. The van der Waals surface area contributed by atoms with Crippen LogP contribution < -0.4 is 0 Å². The van der Waals surface area contributed by atoms with Gasteiger partial charge in [0.05, 0.1) is 0 Å². The minimum Gasteiger partial charge on any atom is -0.509 e. The van der Waals surface area contributed by atoms with Gasteiger partial charge in [-0.1, -0.05) is 24.3 Å². The summed E-state index contributed by atoms with van der Waals surface area (Å²) in [7, 11) is 0. The molecule has 1 aliphatic carbocycles. The standard InChI is InChI=1S/C13H20O3/c1-10(15)13(16)12(8-5-9-14)11-6-3-2-4-7-11/h2-4,6,11-12,14-16H,5,7-9H2,1H3/b13-10-/t11-,12?/m1/s1. The van der Waals surface area contributed by atoms with Crippen molar-refractivity contribution in [2.24, 2.45) is 11.8 Å². The normalized spacial score (nSPS) is 23.0. The molecule has 0 spiro atoms. The zero-order chi connectivity index (χ0) is 12.0. The van der Waals surface area contributed by atoms with Crippen molar-refractivity contribution in [1.29, 1.82) is 0 Å². The van der Waals surface area contributed by atoms with Gasteiger partial charge in [-0.25, -0.2) is 0 Å². The van der Waals surface area contributed by atoms with Gasteiger partial charge >= 0.3 is 0 Å². The number of allylic oxidation sites excluding steroid dienone is 6. The molecule has 0 saturated carbocycles. The molecule has 2 atom stereocenters. The van der Waals surface area contributed by atoms with Crippen LogP contribution in [-0.2, 0) is 0 Å². The predicted molar refractivity (Wildman–Crippen MR) is 64.2 cm³/mol. The maximum Gasteiger partial charge on any atom is 0.133 e. The average Bonchev–Trinajstić information content (AvgIpc) is 2.30. The fourth-order valence-corrected chi connectivity index (χ4v) is 2.03. The molecule has 0 aromatic rings. The Morgan fingerprint density at radius 3 is 2.62 bits per heavy atom. The summed E-state index contributed by atoms with van der Waals surface area (Å²) in [6, 6.07) is 0. The van der Waals surface area contributed by atoms with Crippen LogP contribution in [0, 0.1) is 11.8 Å². The topological polar surface area (TPSA) is 60.7 Å². The van der Waals surface area contributed by atoms with Gasteiger partial charge in [0.25, 0.3) is 0 Å². The van der Waals surface area contributed by atoms with Crippen molar-refractivity contribution in [3.05, 3.63) is 35.8 Å². The van der Waals surface area contributed by atoms with Gasteiger partial charge in [-0.05, 0) is 32.1 Å². The van der Waals surface area contributed by atoms with Gasteiger partial charge in [0, 0.05) is 12.5 Å². The van der Waals surface area contributed by atoms with Crippen molar-refractivity contribution in [2.45, 2.75) is 26.2 Å². The van der Waals surface area contributed by atoms with Crippen LogP contribution in [0.15, 0.2) is 35.8 Å². The van der Waals surface area contributed by atoms with Crippen molar-refractivity contribution in [1.82, 2.24) is 0 Å². The number of aliphatic hydroxyl groups is 3. The number of rotatable bonds is 5. The van der Waals surface area contributed by atoms with E-state index in [4.69, 9.17) is 5.11 Å². The molecule has 0 aromatic heterocycles. The molecule has 0 fully saturated rings. The van der Waals surface area contributed by atoms with Crippen molar-refractivity contribution in [3.8, 4) is 0 Å². The van der Waals surface area contributed by atoms with E-state index in [1.165, 1.54) is 6.92 Å². The summed E-state index contributed by atoms with van der Waals surface area (Å²) in [5.74, 6) is 0.140. The first kappa shape index (κ1) is 12.8. The molecule has 3 N–H and O–H groups in total. The van der Waals surface area contributed by atoms with Crippen LogP contribution in [0.25, 0.3) is 0 Å². The highest BCUT2D eigenvalue weighted by atomic mass is 16.3. The molecule has 1 aliphatic rings. The first-order valence-electron chi connectivity index (χ1n) is 5.69. The van der Waals surface area contributed by atoms with Gasteiger partial charge in [0.2, 0.25) is 0 Å². The summed E-state index contributed by atoms with van der Waals surface area (Å²) in [6.45, 7) is 1.60. The Morgan fingerprint density at radius 1 is 1.38 bits per heavy atom. The summed E-state index contributed by atoms with van der Waals surface area (Å²) in [5.41, 5.74) is 0. The zero-order valence-electron chi connectivity index (χ0n) is 9.63. The quantitative estimate of drug-likeness (QED) is 0.629. The Hall–Kier alpha value is -1.22. The van der Waals surface area contributed by atoms with Gasteiger partial charge < -0.3 is 15.3 Å². The van der Waals surface area contributed by atoms with Crippen LogP contribution in [0.2, 0.25) is 0 Å². The lowest BCUT2D eigenvalue weighted by Gasteiger charge is -2.24. The smallest absolute Gasteiger partial charge is 0.133 e. The van der Waals surface area contributed by atoms with Crippen LogP contribution in [-0.4, -0.2) is 21.9 Å². The van der Waals surface area contributed by atoms with E-state index in [1.54, 1.807) is 0 Å². The minimum atomic E-state index is -0.0988. The molecule has 0 heterocycles. The highest BCUT2D eigenvalue weighted by Crippen LogP contribution is 2.31. The van der Waals surface area contributed by atoms with Gasteiger partial charge in [-0.2, -0.15) is 0 Å². The van der Waals surface area contributed by atoms with Crippen LogP contribution in [0.4, 0.5) is 0 Å². The summed E-state index contributed by atoms with van der Waals surface area (Å²) in [4.78, 5) is 0. The van der Waals surface area contributed by atoms with Gasteiger partial charge in [-0.3, -0.25) is 0 Å². The maximum atomic E-state index is 9.86. The molecule has 1 rings (SSSR count). The fourth-order valence-electron chi connectivity index (χ4n) is 2.03. The lowest BCUT2D eigenvalue weighted by molar-refractivity contribution is 0.215. The largest absolute Gasteiger partial charge is 0.509 e. The molecule has 0 amide bonds. The van der Waals surface area contributed by atoms with Crippen molar-refractivity contribution < 1.29 is 15.3 Å². The molecule has 1 unspecified atom stereocenters. The van der Waals surface area contributed by atoms with Crippen LogP contribution >= 0.6 is 0 Å². The van der Waals surface area contributed by atoms with E-state index in [1.807, 2.05) is 18.2 Å². The highest BCUT2D eigenvalue weighted by Gasteiger charge is 2.24. The number of hydrogen-bond donors (Lipinski definition) is 3. The first-order chi connectivity index (χ1) is 7.66. The SMILES string of the molecule is C/C(O)=C(/O)C(CCCO)[C@@H]1C=CC=CC1. The van der Waals surface area contributed by atoms with Gasteiger partial charge in [-0.15, -0.1) is 0 Å². The second-order valence-corrected chi connectivity index (χ2v) is 4.16. The van der Waals surface area contributed by atoms with Crippen LogP contribution in [0.1, 0.15) is 26.2 Å². The van der Waals surface area contributed by atoms with E-state index in [2.05, 4.69) is 6.08 Å². The first-order valence-corrected chi connectivity index (χ1v) is 5.69. The van der Waals surface area contributed by atoms with E-state index >= 15 is 0 Å². The predicted octanol–water partition coefficient (Wildman–Crippen LogP) is 2.85. The Bertz CT molecular complexity index is 298. The molecule has 3 nitrogen and oxygen atoms in total. The summed E-state index contributed by atoms with van der Waals surface area (Å²) < 4.78 is 0. The Kier molecular flexibility index (Phi) is 5.12. The Morgan fingerprint density at radius 2 is 2.12 bits per heavy atom. The Labute approximate surface area is 96.4 Å². The molecule has 0 bridgehead atoms. The highest BCUT2D eigenvalue weighted by molar-refractivity contribution is 5.15. The molecule has 0 saturated heterocycles. The van der Waals surface area contributed by atoms with Crippen molar-refractivity contribution >= 4 is 0 Å². The van der Waals surface area contributed by atoms with E-state index in [9.17, 15) is 10.2 Å². The van der Waals surface area contributed by atoms with Crippen LogP contribution in [0.3, 0.4) is 0 Å². The number of aliphatic hydroxyl groups excluding tert-OH is 3. The Balaban J connectivity index is 2.74. The summed E-state index contributed by atoms with van der Waals surface area (Å²) in [5, 5.41) is 28.0. The molecule has 3 heteroatoms. The van der Waals surface area contributed by atoms with Gasteiger partial charge in [0.15, 0.2) is 0 Å². The molecule has 0 radical (unpaired) electrons. The fraction of sp³-hybridized carbons (Fsp3) is 0.538. The average molecular weight is 224 g/mol. The number of hydrogen-bond acceptors (Lipinski definition) is 3. The third-order valence-corrected chi connectivity index (χ3v) is 2.93. The second kappa shape index (κ2) is 6.38. The third-order valence-electron chi connectivity index (χ3n) is 2.93. The van der Waals surface area contributed by atoms with Crippen molar-refractivity contribution in [3.63, 3.8) is 0 Å². The lowest BCUT2D eigenvalue weighted by atomic mass is 9.82. The minimum absolute atomic E-state index is 0.0223. The van der Waals surface area contributed by atoms with E-state index in [-0.39, 0.29) is 30.0 Å². The third kappa shape index (κ3) is 3.42. The zero-order valence-corrected chi connectivity index (χ0v) is 9.63. The van der Waals surface area contributed by atoms with E-state index < -0.39 is 0 Å². The molecule has 90 valence electrons. The summed E-state index contributed by atoms with van der Waals surface area (Å²) >= 11 is 0. The maximum absolute atomic E-state index is 9.86. The van der Waals surface area contributed by atoms with Gasteiger partial charge in [0.1, 0.15) is 11.5 Å². The molecule has 0 aliphatic heterocycles.